The van der Waals surface area contributed by atoms with Gasteiger partial charge in [0.15, 0.2) is 0 Å². The number of carbonyl (C=O) groups is 1. The van der Waals surface area contributed by atoms with Gasteiger partial charge in [-0.15, -0.1) is 0 Å². The number of rotatable bonds is 5. The van der Waals surface area contributed by atoms with Crippen LogP contribution in [0.3, 0.4) is 0 Å². The zero-order valence-electron chi connectivity index (χ0n) is 11.4. The van der Waals surface area contributed by atoms with E-state index in [0.717, 1.165) is 12.8 Å². The average molecular weight is 285 g/mol. The first-order valence-electron chi connectivity index (χ1n) is 6.08. The van der Waals surface area contributed by atoms with E-state index in [-0.39, 0.29) is 10.5 Å². The number of sulfonamides is 1. The van der Waals surface area contributed by atoms with Crippen molar-refractivity contribution in [1.29, 1.82) is 0 Å². The minimum atomic E-state index is -3.84. The summed E-state index contributed by atoms with van der Waals surface area (Å²) in [6.07, 6.45) is 1.70. The zero-order chi connectivity index (χ0) is 14.6. The van der Waals surface area contributed by atoms with E-state index in [1.807, 2.05) is 6.92 Å². The Hall–Kier alpha value is -1.40. The highest BCUT2D eigenvalue weighted by molar-refractivity contribution is 7.89. The molecule has 6 heteroatoms. The number of benzene rings is 1. The average Bonchev–Trinajstić information content (AvgIpc) is 2.27. The van der Waals surface area contributed by atoms with Gasteiger partial charge in [-0.25, -0.2) is 18.4 Å². The lowest BCUT2D eigenvalue weighted by Crippen LogP contribution is -2.16. The first-order valence-corrected chi connectivity index (χ1v) is 7.63. The van der Waals surface area contributed by atoms with Gasteiger partial charge in [-0.1, -0.05) is 19.4 Å². The predicted molar refractivity (Wildman–Crippen MR) is 72.5 cm³/mol. The molecule has 2 N–H and O–H groups in total. The third-order valence-electron chi connectivity index (χ3n) is 2.78. The summed E-state index contributed by atoms with van der Waals surface area (Å²) in [5, 5.41) is 5.12. The number of nitrogens with two attached hydrogens (primary N) is 1. The molecule has 0 aliphatic carbocycles. The van der Waals surface area contributed by atoms with Gasteiger partial charge in [-0.3, -0.25) is 0 Å². The van der Waals surface area contributed by atoms with Gasteiger partial charge in [0, 0.05) is 0 Å². The van der Waals surface area contributed by atoms with E-state index in [1.54, 1.807) is 19.9 Å². The highest BCUT2D eigenvalue weighted by atomic mass is 32.2. The van der Waals surface area contributed by atoms with Gasteiger partial charge in [0.25, 0.3) is 0 Å². The minimum Gasteiger partial charge on any atom is -0.462 e. The second kappa shape index (κ2) is 6.16. The maximum absolute atomic E-state index is 11.9. The normalized spacial score (nSPS) is 11.4. The largest absolute Gasteiger partial charge is 0.462 e. The minimum absolute atomic E-state index is 0.0412. The predicted octanol–water partition coefficient (Wildman–Crippen LogP) is 1.91. The lowest BCUT2D eigenvalue weighted by atomic mass is 10.1. The van der Waals surface area contributed by atoms with E-state index in [9.17, 15) is 13.2 Å². The Morgan fingerprint density at radius 3 is 2.42 bits per heavy atom. The van der Waals surface area contributed by atoms with Crippen molar-refractivity contribution in [2.24, 2.45) is 5.14 Å². The molecule has 19 heavy (non-hydrogen) atoms. The van der Waals surface area contributed by atoms with E-state index in [1.165, 1.54) is 6.07 Å². The molecule has 0 bridgehead atoms. The lowest BCUT2D eigenvalue weighted by Gasteiger charge is -2.10. The first kappa shape index (κ1) is 15.7. The van der Waals surface area contributed by atoms with E-state index >= 15 is 0 Å². The molecule has 0 atom stereocenters. The third-order valence-corrected chi connectivity index (χ3v) is 3.83. The van der Waals surface area contributed by atoms with E-state index in [0.29, 0.717) is 17.7 Å². The molecule has 0 fully saturated rings. The molecule has 1 rings (SSSR count). The van der Waals surface area contributed by atoms with Crippen molar-refractivity contribution in [2.75, 3.05) is 6.61 Å². The number of primary sulfonamides is 1. The number of carbonyl (C=O) groups excluding carboxylic acids is 1. The van der Waals surface area contributed by atoms with Crippen molar-refractivity contribution in [1.82, 2.24) is 0 Å². The quantitative estimate of drug-likeness (QED) is 0.661. The first-order chi connectivity index (χ1) is 8.77. The van der Waals surface area contributed by atoms with E-state index in [4.69, 9.17) is 9.88 Å². The molecule has 0 saturated heterocycles. The molecular formula is C13H19NO4S. The van der Waals surface area contributed by atoms with Gasteiger partial charge < -0.3 is 4.74 Å². The van der Waals surface area contributed by atoms with Crippen LogP contribution < -0.4 is 5.14 Å². The molecular weight excluding hydrogens is 266 g/mol. The molecule has 0 saturated carbocycles. The smallest absolute Gasteiger partial charge is 0.338 e. The zero-order valence-corrected chi connectivity index (χ0v) is 12.2. The fourth-order valence-electron chi connectivity index (χ4n) is 1.75. The molecule has 1 aromatic rings. The number of ether oxygens (including phenoxy) is 1. The van der Waals surface area contributed by atoms with E-state index < -0.39 is 16.0 Å². The van der Waals surface area contributed by atoms with Crippen molar-refractivity contribution in [2.45, 2.75) is 38.5 Å². The second-order valence-corrected chi connectivity index (χ2v) is 6.00. The Morgan fingerprint density at radius 1 is 1.26 bits per heavy atom. The van der Waals surface area contributed by atoms with Gasteiger partial charge in [-0.05, 0) is 37.5 Å². The third kappa shape index (κ3) is 4.04. The number of unbranched alkanes of at least 4 members (excludes halogenated alkanes) is 1. The fraction of sp³-hybridized carbons (Fsp3) is 0.462. The molecule has 0 radical (unpaired) electrons. The molecule has 0 spiro atoms. The van der Waals surface area contributed by atoms with E-state index in [2.05, 4.69) is 0 Å². The summed E-state index contributed by atoms with van der Waals surface area (Å²) in [4.78, 5) is 11.8. The molecule has 0 amide bonds. The topological polar surface area (TPSA) is 86.5 Å². The second-order valence-electron chi connectivity index (χ2n) is 4.47. The fourth-order valence-corrected chi connectivity index (χ4v) is 2.54. The van der Waals surface area contributed by atoms with Crippen molar-refractivity contribution < 1.29 is 17.9 Å². The Kier molecular flexibility index (Phi) is 5.08. The van der Waals surface area contributed by atoms with Crippen LogP contribution in [0.25, 0.3) is 0 Å². The highest BCUT2D eigenvalue weighted by Gasteiger charge is 2.18. The van der Waals surface area contributed by atoms with Crippen LogP contribution in [0, 0.1) is 13.8 Å². The van der Waals surface area contributed by atoms with Crippen LogP contribution in [0.2, 0.25) is 0 Å². The number of aryl methyl sites for hydroxylation is 2. The number of esters is 1. The summed E-state index contributed by atoms with van der Waals surface area (Å²) < 4.78 is 27.9. The summed E-state index contributed by atoms with van der Waals surface area (Å²) in [6.45, 7) is 5.69. The molecule has 0 heterocycles. The van der Waals surface area contributed by atoms with Crippen LogP contribution in [0.1, 0.15) is 41.3 Å². The van der Waals surface area contributed by atoms with Gasteiger partial charge >= 0.3 is 5.97 Å². The maximum Gasteiger partial charge on any atom is 0.338 e. The van der Waals surface area contributed by atoms with Crippen LogP contribution >= 0.6 is 0 Å². The number of hydrogen-bond donors (Lipinski definition) is 1. The molecule has 106 valence electrons. The summed E-state index contributed by atoms with van der Waals surface area (Å²) in [7, 11) is -3.84. The molecule has 5 nitrogen and oxygen atoms in total. The van der Waals surface area contributed by atoms with Crippen LogP contribution in [0.15, 0.2) is 17.0 Å². The number of hydrogen-bond acceptors (Lipinski definition) is 4. The Labute approximate surface area is 113 Å². The summed E-state index contributed by atoms with van der Waals surface area (Å²) >= 11 is 0. The Morgan fingerprint density at radius 2 is 1.89 bits per heavy atom. The van der Waals surface area contributed by atoms with Crippen molar-refractivity contribution in [3.05, 3.63) is 28.8 Å². The summed E-state index contributed by atoms with van der Waals surface area (Å²) in [5.74, 6) is -0.518. The standard InChI is InChI=1S/C13H19NO4S/c1-4-5-6-18-13(15)11-8-12(19(14,16)17)10(3)7-9(11)2/h7-8H,4-6H2,1-3H3,(H2,14,16,17). The molecule has 0 aliphatic rings. The molecule has 0 aliphatic heterocycles. The SMILES string of the molecule is CCCCOC(=O)c1cc(S(N)(=O)=O)c(C)cc1C. The summed E-state index contributed by atoms with van der Waals surface area (Å²) in [5.41, 5.74) is 1.43. The lowest BCUT2D eigenvalue weighted by molar-refractivity contribution is 0.0498. The van der Waals surface area contributed by atoms with Gasteiger partial charge in [-0.2, -0.15) is 0 Å². The van der Waals surface area contributed by atoms with Gasteiger partial charge in [0.05, 0.1) is 17.1 Å². The molecule has 1 aromatic carbocycles. The Bertz CT molecular complexity index is 579. The molecule has 0 unspecified atom stereocenters. The van der Waals surface area contributed by atoms with Crippen molar-refractivity contribution in [3.8, 4) is 0 Å². The van der Waals surface area contributed by atoms with Gasteiger partial charge in [0.1, 0.15) is 0 Å². The Balaban J connectivity index is 3.11. The van der Waals surface area contributed by atoms with Crippen molar-refractivity contribution in [3.63, 3.8) is 0 Å². The van der Waals surface area contributed by atoms with Crippen LogP contribution in [0.4, 0.5) is 0 Å². The highest BCUT2D eigenvalue weighted by Crippen LogP contribution is 2.20. The van der Waals surface area contributed by atoms with Crippen LogP contribution in [-0.4, -0.2) is 21.0 Å². The van der Waals surface area contributed by atoms with Crippen LogP contribution in [-0.2, 0) is 14.8 Å². The van der Waals surface area contributed by atoms with Gasteiger partial charge in [0.2, 0.25) is 10.0 Å². The monoisotopic (exact) mass is 285 g/mol. The molecule has 0 aromatic heterocycles. The summed E-state index contributed by atoms with van der Waals surface area (Å²) in [6, 6.07) is 2.91. The maximum atomic E-state index is 11.9. The van der Waals surface area contributed by atoms with Crippen molar-refractivity contribution >= 4 is 16.0 Å². The van der Waals surface area contributed by atoms with Crippen LogP contribution in [0.5, 0.6) is 0 Å².